The largest absolute Gasteiger partial charge is 0.461 e. The van der Waals surface area contributed by atoms with E-state index in [9.17, 15) is 4.79 Å². The van der Waals surface area contributed by atoms with Gasteiger partial charge in [-0.3, -0.25) is 0 Å². The molecule has 1 heterocycles. The molecule has 0 bridgehead atoms. The van der Waals surface area contributed by atoms with Crippen molar-refractivity contribution in [3.63, 3.8) is 0 Å². The monoisotopic (exact) mass is 317 g/mol. The van der Waals surface area contributed by atoms with E-state index in [1.807, 2.05) is 67.6 Å². The number of aromatic nitrogens is 1. The maximum atomic E-state index is 12.0. The summed E-state index contributed by atoms with van der Waals surface area (Å²) in [5.41, 5.74) is 5.33. The van der Waals surface area contributed by atoms with Crippen LogP contribution in [0, 0.1) is 6.92 Å². The van der Waals surface area contributed by atoms with E-state index in [0.29, 0.717) is 12.3 Å². The van der Waals surface area contributed by atoms with Gasteiger partial charge in [-0.15, -0.1) is 0 Å². The molecule has 3 rings (SSSR count). The Bertz CT molecular complexity index is 839. The van der Waals surface area contributed by atoms with Crippen LogP contribution in [0.1, 0.15) is 23.0 Å². The number of hydrogen-bond donors (Lipinski definition) is 0. The predicted molar refractivity (Wildman–Crippen MR) is 95.8 cm³/mol. The van der Waals surface area contributed by atoms with Gasteiger partial charge in [0.2, 0.25) is 0 Å². The molecule has 0 fully saturated rings. The average Bonchev–Trinajstić information content (AvgIpc) is 2.63. The number of carbonyl (C=O) groups excluding carboxylic acids is 1. The fourth-order valence-electron chi connectivity index (χ4n) is 2.56. The molecule has 3 heteroatoms. The average molecular weight is 317 g/mol. The van der Waals surface area contributed by atoms with E-state index in [1.54, 1.807) is 13.0 Å². The van der Waals surface area contributed by atoms with Gasteiger partial charge in [-0.05, 0) is 31.5 Å². The number of pyridine rings is 1. The van der Waals surface area contributed by atoms with Crippen LogP contribution in [0.2, 0.25) is 0 Å². The quantitative estimate of drug-likeness (QED) is 0.642. The summed E-state index contributed by atoms with van der Waals surface area (Å²) in [6.45, 7) is 4.17. The van der Waals surface area contributed by atoms with Gasteiger partial charge in [-0.25, -0.2) is 9.78 Å². The molecule has 0 aliphatic carbocycles. The molecular weight excluding hydrogens is 298 g/mol. The van der Waals surface area contributed by atoms with Gasteiger partial charge >= 0.3 is 5.97 Å². The molecule has 0 aliphatic heterocycles. The molecule has 0 atom stereocenters. The molecule has 3 nitrogen and oxygen atoms in total. The molecule has 0 radical (unpaired) electrons. The van der Waals surface area contributed by atoms with Crippen LogP contribution in [-0.4, -0.2) is 17.6 Å². The van der Waals surface area contributed by atoms with Crippen molar-refractivity contribution in [1.82, 2.24) is 4.98 Å². The lowest BCUT2D eigenvalue weighted by Crippen LogP contribution is -2.08. The highest BCUT2D eigenvalue weighted by atomic mass is 16.5. The zero-order valence-electron chi connectivity index (χ0n) is 13.8. The molecule has 2 aromatic carbocycles. The number of ether oxygens (including phenoxy) is 1. The van der Waals surface area contributed by atoms with Crippen molar-refractivity contribution in [2.45, 2.75) is 13.8 Å². The molecule has 0 aliphatic rings. The summed E-state index contributed by atoms with van der Waals surface area (Å²) in [7, 11) is 0. The summed E-state index contributed by atoms with van der Waals surface area (Å²) >= 11 is 0. The molecule has 0 spiro atoms. The Balaban J connectivity index is 2.15. The Hall–Kier alpha value is -2.94. The molecule has 0 saturated carbocycles. The van der Waals surface area contributed by atoms with E-state index >= 15 is 0 Å². The molecule has 0 N–H and O–H groups in total. The van der Waals surface area contributed by atoms with Gasteiger partial charge in [0.25, 0.3) is 0 Å². The van der Waals surface area contributed by atoms with Gasteiger partial charge in [0.05, 0.1) is 12.3 Å². The van der Waals surface area contributed by atoms with Crippen LogP contribution in [0.3, 0.4) is 0 Å². The first kappa shape index (κ1) is 15.9. The van der Waals surface area contributed by atoms with Crippen LogP contribution < -0.4 is 0 Å². The minimum absolute atomic E-state index is 0.326. The maximum Gasteiger partial charge on any atom is 0.356 e. The Morgan fingerprint density at radius 2 is 1.62 bits per heavy atom. The molecule has 0 saturated heterocycles. The number of rotatable bonds is 4. The summed E-state index contributed by atoms with van der Waals surface area (Å²) in [6.07, 6.45) is 0. The first-order valence-corrected chi connectivity index (χ1v) is 7.99. The predicted octanol–water partition coefficient (Wildman–Crippen LogP) is 4.90. The number of nitrogens with zero attached hydrogens (tertiary/aromatic N) is 1. The van der Waals surface area contributed by atoms with Gasteiger partial charge in [-0.1, -0.05) is 60.2 Å². The van der Waals surface area contributed by atoms with Crippen molar-refractivity contribution in [2.24, 2.45) is 0 Å². The second-order valence-electron chi connectivity index (χ2n) is 5.55. The SMILES string of the molecule is CCOC(=O)c1ccc(-c2ccccc2)c(-c2ccc(C)cc2)n1. The highest BCUT2D eigenvalue weighted by molar-refractivity contribution is 5.90. The Labute approximate surface area is 142 Å². The van der Waals surface area contributed by atoms with Crippen molar-refractivity contribution in [2.75, 3.05) is 6.61 Å². The Morgan fingerprint density at radius 3 is 2.29 bits per heavy atom. The highest BCUT2D eigenvalue weighted by Crippen LogP contribution is 2.31. The summed E-state index contributed by atoms with van der Waals surface area (Å²) in [5, 5.41) is 0. The third-order valence-corrected chi connectivity index (χ3v) is 3.79. The molecule has 1 aromatic heterocycles. The lowest BCUT2D eigenvalue weighted by atomic mass is 9.98. The van der Waals surface area contributed by atoms with Crippen LogP contribution in [-0.2, 0) is 4.74 Å². The first-order valence-electron chi connectivity index (χ1n) is 7.99. The topological polar surface area (TPSA) is 39.2 Å². The lowest BCUT2D eigenvalue weighted by molar-refractivity contribution is 0.0519. The van der Waals surface area contributed by atoms with Gasteiger partial charge < -0.3 is 4.74 Å². The van der Waals surface area contributed by atoms with Gasteiger partial charge in [0.1, 0.15) is 5.69 Å². The molecule has 0 unspecified atom stereocenters. The summed E-state index contributed by atoms with van der Waals surface area (Å²) in [4.78, 5) is 16.6. The number of aryl methyl sites for hydroxylation is 1. The van der Waals surface area contributed by atoms with E-state index in [1.165, 1.54) is 5.56 Å². The van der Waals surface area contributed by atoms with Gasteiger partial charge in [-0.2, -0.15) is 0 Å². The van der Waals surface area contributed by atoms with Crippen LogP contribution in [0.5, 0.6) is 0 Å². The zero-order chi connectivity index (χ0) is 16.9. The van der Waals surface area contributed by atoms with Crippen LogP contribution in [0.25, 0.3) is 22.4 Å². The van der Waals surface area contributed by atoms with E-state index in [0.717, 1.165) is 22.4 Å². The fourth-order valence-corrected chi connectivity index (χ4v) is 2.56. The standard InChI is InChI=1S/C21H19NO2/c1-3-24-21(23)19-14-13-18(16-7-5-4-6-8-16)20(22-19)17-11-9-15(2)10-12-17/h4-14H,3H2,1-2H3. The van der Waals surface area contributed by atoms with Crippen molar-refractivity contribution in [1.29, 1.82) is 0 Å². The minimum atomic E-state index is -0.398. The van der Waals surface area contributed by atoms with Crippen LogP contribution in [0.4, 0.5) is 0 Å². The van der Waals surface area contributed by atoms with E-state index < -0.39 is 5.97 Å². The van der Waals surface area contributed by atoms with Gasteiger partial charge in [0, 0.05) is 11.1 Å². The number of esters is 1. The van der Waals surface area contributed by atoms with Crippen molar-refractivity contribution in [3.05, 3.63) is 78.0 Å². The minimum Gasteiger partial charge on any atom is -0.461 e. The van der Waals surface area contributed by atoms with Crippen LogP contribution in [0.15, 0.2) is 66.7 Å². The lowest BCUT2D eigenvalue weighted by Gasteiger charge is -2.11. The molecule has 0 amide bonds. The highest BCUT2D eigenvalue weighted by Gasteiger charge is 2.14. The second kappa shape index (κ2) is 7.09. The first-order chi connectivity index (χ1) is 11.7. The van der Waals surface area contributed by atoms with E-state index in [-0.39, 0.29) is 0 Å². The third-order valence-electron chi connectivity index (χ3n) is 3.79. The van der Waals surface area contributed by atoms with E-state index in [2.05, 4.69) is 4.98 Å². The zero-order valence-corrected chi connectivity index (χ0v) is 13.8. The third kappa shape index (κ3) is 3.35. The molecule has 3 aromatic rings. The van der Waals surface area contributed by atoms with Crippen molar-refractivity contribution >= 4 is 5.97 Å². The summed E-state index contributed by atoms with van der Waals surface area (Å²) in [6, 6.07) is 21.8. The second-order valence-corrected chi connectivity index (χ2v) is 5.55. The van der Waals surface area contributed by atoms with E-state index in [4.69, 9.17) is 4.74 Å². The number of carbonyl (C=O) groups is 1. The molecular formula is C21H19NO2. The molecule has 24 heavy (non-hydrogen) atoms. The number of benzene rings is 2. The summed E-state index contributed by atoms with van der Waals surface area (Å²) in [5.74, 6) is -0.398. The Morgan fingerprint density at radius 1 is 0.917 bits per heavy atom. The number of hydrogen-bond acceptors (Lipinski definition) is 3. The fraction of sp³-hybridized carbons (Fsp3) is 0.143. The van der Waals surface area contributed by atoms with Crippen molar-refractivity contribution in [3.8, 4) is 22.4 Å². The summed E-state index contributed by atoms with van der Waals surface area (Å²) < 4.78 is 5.08. The molecule has 120 valence electrons. The van der Waals surface area contributed by atoms with Crippen molar-refractivity contribution < 1.29 is 9.53 Å². The normalized spacial score (nSPS) is 10.4. The Kier molecular flexibility index (Phi) is 4.71. The maximum absolute atomic E-state index is 12.0. The van der Waals surface area contributed by atoms with Gasteiger partial charge in [0.15, 0.2) is 0 Å². The smallest absolute Gasteiger partial charge is 0.356 e. The van der Waals surface area contributed by atoms with Crippen LogP contribution >= 0.6 is 0 Å².